The molecular formula is C12H21NO. The third kappa shape index (κ3) is 1.79. The monoisotopic (exact) mass is 195 g/mol. The molecule has 2 heteroatoms. The van der Waals surface area contributed by atoms with Crippen LogP contribution in [-0.2, 0) is 4.79 Å². The molecule has 2 aliphatic rings. The zero-order valence-electron chi connectivity index (χ0n) is 9.25. The van der Waals surface area contributed by atoms with E-state index in [1.54, 1.807) is 0 Å². The van der Waals surface area contributed by atoms with Gasteiger partial charge in [0.15, 0.2) is 0 Å². The smallest absolute Gasteiger partial charge is 0.219 e. The maximum atomic E-state index is 11.3. The second-order valence-electron chi connectivity index (χ2n) is 5.05. The highest BCUT2D eigenvalue weighted by molar-refractivity contribution is 5.75. The van der Waals surface area contributed by atoms with Gasteiger partial charge in [-0.15, -0.1) is 0 Å². The first-order chi connectivity index (χ1) is 6.70. The molecule has 2 saturated carbocycles. The van der Waals surface area contributed by atoms with Crippen molar-refractivity contribution in [3.8, 4) is 0 Å². The first kappa shape index (κ1) is 10.0. The van der Waals surface area contributed by atoms with Gasteiger partial charge in [0, 0.05) is 12.5 Å². The Morgan fingerprint density at radius 1 is 1.43 bits per heavy atom. The van der Waals surface area contributed by atoms with Gasteiger partial charge in [0.05, 0.1) is 0 Å². The Hall–Kier alpha value is -0.530. The highest BCUT2D eigenvalue weighted by atomic mass is 16.1. The maximum Gasteiger partial charge on any atom is 0.219 e. The number of amides is 1. The van der Waals surface area contributed by atoms with Crippen LogP contribution in [0.1, 0.15) is 46.0 Å². The lowest BCUT2D eigenvalue weighted by Gasteiger charge is -2.28. The van der Waals surface area contributed by atoms with Crippen LogP contribution < -0.4 is 5.32 Å². The van der Waals surface area contributed by atoms with Crippen molar-refractivity contribution >= 4 is 5.91 Å². The molecule has 0 aromatic carbocycles. The molecule has 80 valence electrons. The van der Waals surface area contributed by atoms with Gasteiger partial charge in [-0.1, -0.05) is 13.3 Å². The van der Waals surface area contributed by atoms with Crippen molar-refractivity contribution in [3.05, 3.63) is 0 Å². The van der Waals surface area contributed by atoms with Crippen LogP contribution in [-0.4, -0.2) is 11.9 Å². The summed E-state index contributed by atoms with van der Waals surface area (Å²) in [7, 11) is 0. The Bertz CT molecular complexity index is 226. The molecule has 1 N–H and O–H groups in total. The summed E-state index contributed by atoms with van der Waals surface area (Å²) in [6.45, 7) is 4.10. The van der Waals surface area contributed by atoms with Gasteiger partial charge in [-0.3, -0.25) is 4.79 Å². The Kier molecular flexibility index (Phi) is 2.80. The van der Waals surface area contributed by atoms with Crippen LogP contribution in [0.4, 0.5) is 0 Å². The molecule has 2 rings (SSSR count). The lowest BCUT2D eigenvalue weighted by Crippen LogP contribution is -2.39. The van der Waals surface area contributed by atoms with E-state index in [0.29, 0.717) is 12.5 Å². The van der Waals surface area contributed by atoms with Gasteiger partial charge in [0.1, 0.15) is 0 Å². The van der Waals surface area contributed by atoms with E-state index in [9.17, 15) is 4.79 Å². The summed E-state index contributed by atoms with van der Waals surface area (Å²) in [4.78, 5) is 11.3. The molecule has 4 unspecified atom stereocenters. The molecule has 4 atom stereocenters. The van der Waals surface area contributed by atoms with Crippen LogP contribution in [0.15, 0.2) is 0 Å². The number of carbonyl (C=O) groups excluding carboxylic acids is 1. The van der Waals surface area contributed by atoms with E-state index in [4.69, 9.17) is 0 Å². The molecule has 0 aliphatic heterocycles. The number of hydrogen-bond acceptors (Lipinski definition) is 1. The van der Waals surface area contributed by atoms with Gasteiger partial charge in [-0.25, -0.2) is 0 Å². The number of carbonyl (C=O) groups is 1. The van der Waals surface area contributed by atoms with Gasteiger partial charge in [0.25, 0.3) is 0 Å². The normalized spacial score (nSPS) is 37.1. The number of nitrogens with one attached hydrogen (secondary N) is 1. The largest absolute Gasteiger partial charge is 0.353 e. The van der Waals surface area contributed by atoms with Crippen LogP contribution in [0.25, 0.3) is 0 Å². The number of rotatable bonds is 3. The molecule has 0 aromatic rings. The average molecular weight is 195 g/mol. The highest BCUT2D eigenvalue weighted by Gasteiger charge is 2.41. The molecule has 0 spiro atoms. The minimum atomic E-state index is 0.209. The van der Waals surface area contributed by atoms with E-state index in [1.165, 1.54) is 25.7 Å². The van der Waals surface area contributed by atoms with Crippen molar-refractivity contribution in [2.75, 3.05) is 0 Å². The van der Waals surface area contributed by atoms with Crippen molar-refractivity contribution in [2.24, 2.45) is 17.8 Å². The number of hydrogen-bond donors (Lipinski definition) is 1. The van der Waals surface area contributed by atoms with Crippen molar-refractivity contribution in [1.29, 1.82) is 0 Å². The Morgan fingerprint density at radius 3 is 2.71 bits per heavy atom. The molecule has 0 radical (unpaired) electrons. The maximum absolute atomic E-state index is 11.3. The third-order valence-electron chi connectivity index (χ3n) is 4.14. The van der Waals surface area contributed by atoms with Gasteiger partial charge in [-0.2, -0.15) is 0 Å². The quantitative estimate of drug-likeness (QED) is 0.735. The summed E-state index contributed by atoms with van der Waals surface area (Å²) in [5, 5.41) is 3.12. The topological polar surface area (TPSA) is 29.1 Å². The van der Waals surface area contributed by atoms with Gasteiger partial charge < -0.3 is 5.32 Å². The van der Waals surface area contributed by atoms with Crippen LogP contribution in [0.2, 0.25) is 0 Å². The lowest BCUT2D eigenvalue weighted by molar-refractivity contribution is -0.121. The summed E-state index contributed by atoms with van der Waals surface area (Å²) in [6.07, 6.45) is 6.25. The molecular weight excluding hydrogens is 174 g/mol. The fourth-order valence-electron chi connectivity index (χ4n) is 3.37. The molecule has 2 aliphatic carbocycles. The fraction of sp³-hybridized carbons (Fsp3) is 0.917. The van der Waals surface area contributed by atoms with Crippen LogP contribution in [0, 0.1) is 17.8 Å². The van der Waals surface area contributed by atoms with Crippen molar-refractivity contribution in [1.82, 2.24) is 5.32 Å². The molecule has 0 heterocycles. The van der Waals surface area contributed by atoms with Crippen molar-refractivity contribution < 1.29 is 4.79 Å². The minimum absolute atomic E-state index is 0.209. The summed E-state index contributed by atoms with van der Waals surface area (Å²) in [5.74, 6) is 2.86. The first-order valence-electron chi connectivity index (χ1n) is 6.00. The van der Waals surface area contributed by atoms with E-state index in [1.807, 2.05) is 6.92 Å². The number of fused-ring (bicyclic) bond motifs is 2. The Balaban J connectivity index is 1.86. The van der Waals surface area contributed by atoms with E-state index < -0.39 is 0 Å². The predicted octanol–water partition coefficient (Wildman–Crippen LogP) is 2.34. The van der Waals surface area contributed by atoms with Gasteiger partial charge >= 0.3 is 0 Å². The van der Waals surface area contributed by atoms with E-state index in [0.717, 1.165) is 17.8 Å². The predicted molar refractivity (Wildman–Crippen MR) is 56.8 cm³/mol. The Morgan fingerprint density at radius 2 is 2.21 bits per heavy atom. The van der Waals surface area contributed by atoms with Crippen LogP contribution in [0.3, 0.4) is 0 Å². The first-order valence-corrected chi connectivity index (χ1v) is 6.00. The van der Waals surface area contributed by atoms with Gasteiger partial charge in [-0.05, 0) is 43.9 Å². The van der Waals surface area contributed by atoms with E-state index in [-0.39, 0.29) is 5.91 Å². The summed E-state index contributed by atoms with van der Waals surface area (Å²) in [5.41, 5.74) is 0. The molecule has 0 aromatic heterocycles. The van der Waals surface area contributed by atoms with Crippen molar-refractivity contribution in [2.45, 2.75) is 52.0 Å². The molecule has 1 amide bonds. The molecule has 2 fully saturated rings. The molecule has 0 saturated heterocycles. The summed E-state index contributed by atoms with van der Waals surface area (Å²) < 4.78 is 0. The van der Waals surface area contributed by atoms with E-state index >= 15 is 0 Å². The Labute approximate surface area is 86.5 Å². The zero-order chi connectivity index (χ0) is 10.1. The average Bonchev–Trinajstić information content (AvgIpc) is 2.78. The third-order valence-corrected chi connectivity index (χ3v) is 4.14. The molecule has 2 bridgehead atoms. The van der Waals surface area contributed by atoms with E-state index in [2.05, 4.69) is 12.2 Å². The summed E-state index contributed by atoms with van der Waals surface area (Å²) in [6, 6.07) is 0.401. The zero-order valence-corrected chi connectivity index (χ0v) is 9.25. The minimum Gasteiger partial charge on any atom is -0.353 e. The van der Waals surface area contributed by atoms with Crippen LogP contribution in [0.5, 0.6) is 0 Å². The molecule has 2 nitrogen and oxygen atoms in total. The highest BCUT2D eigenvalue weighted by Crippen LogP contribution is 2.49. The molecule has 14 heavy (non-hydrogen) atoms. The van der Waals surface area contributed by atoms with Gasteiger partial charge in [0.2, 0.25) is 5.91 Å². The van der Waals surface area contributed by atoms with Crippen molar-refractivity contribution in [3.63, 3.8) is 0 Å². The summed E-state index contributed by atoms with van der Waals surface area (Å²) >= 11 is 0. The second kappa shape index (κ2) is 3.92. The second-order valence-corrected chi connectivity index (χ2v) is 5.05. The lowest BCUT2D eigenvalue weighted by atomic mass is 9.84. The SMILES string of the molecule is CCC(=O)NC(C)C1CC2CCC1C2. The fourth-order valence-corrected chi connectivity index (χ4v) is 3.37. The van der Waals surface area contributed by atoms with Crippen LogP contribution >= 0.6 is 0 Å². The standard InChI is InChI=1S/C12H21NO/c1-3-12(14)13-8(2)11-7-9-4-5-10(11)6-9/h8-11H,3-7H2,1-2H3,(H,13,14).